The van der Waals surface area contributed by atoms with Crippen molar-refractivity contribution in [3.8, 4) is 0 Å². The van der Waals surface area contributed by atoms with Gasteiger partial charge in [-0.3, -0.25) is 24.7 Å². The number of thiol groups is 1. The number of nitrogens with one attached hydrogen (secondary N) is 2. The van der Waals surface area contributed by atoms with Crippen molar-refractivity contribution in [1.29, 1.82) is 0 Å². The molecule has 0 aliphatic carbocycles. The molecule has 3 amide bonds. The van der Waals surface area contributed by atoms with Gasteiger partial charge in [0.05, 0.1) is 18.5 Å². The third kappa shape index (κ3) is 7.91. The minimum atomic E-state index is -1.85. The van der Waals surface area contributed by atoms with E-state index in [4.69, 9.17) is 14.5 Å². The molecule has 0 saturated heterocycles. The fourth-order valence-corrected chi connectivity index (χ4v) is 5.81. The summed E-state index contributed by atoms with van der Waals surface area (Å²) in [6, 6.07) is 12.6. The van der Waals surface area contributed by atoms with Crippen LogP contribution < -0.4 is 15.6 Å². The van der Waals surface area contributed by atoms with Gasteiger partial charge >= 0.3 is 12.1 Å². The van der Waals surface area contributed by atoms with E-state index in [2.05, 4.69) is 23.3 Å². The molecule has 0 bridgehead atoms. The summed E-state index contributed by atoms with van der Waals surface area (Å²) in [4.78, 5) is 73.7. The van der Waals surface area contributed by atoms with Gasteiger partial charge in [0.1, 0.15) is 11.6 Å². The van der Waals surface area contributed by atoms with E-state index >= 15 is 0 Å². The first-order valence-corrected chi connectivity index (χ1v) is 16.6. The molecule has 12 nitrogen and oxygen atoms in total. The molecular weight excluding hydrogens is 631 g/mol. The van der Waals surface area contributed by atoms with Gasteiger partial charge < -0.3 is 14.8 Å². The molecule has 3 rings (SSSR count). The number of benzodiazepines with no additional fused rings is 1. The largest absolute Gasteiger partial charge is 0.466 e. The van der Waals surface area contributed by atoms with Gasteiger partial charge in [-0.1, -0.05) is 48.5 Å². The Morgan fingerprint density at radius 3 is 2.26 bits per heavy atom. The molecule has 248 valence electrons. The van der Waals surface area contributed by atoms with Gasteiger partial charge in [-0.25, -0.2) is 19.6 Å². The number of hydrogen-bond donors (Lipinski definition) is 3. The van der Waals surface area contributed by atoms with Crippen LogP contribution in [0.5, 0.6) is 0 Å². The number of ketones is 1. The molecule has 0 saturated carbocycles. The summed E-state index contributed by atoms with van der Waals surface area (Å²) in [5.74, 6) is -3.00. The summed E-state index contributed by atoms with van der Waals surface area (Å²) in [6.07, 6.45) is 1.01. The second-order valence-corrected chi connectivity index (χ2v) is 12.7. The van der Waals surface area contributed by atoms with Gasteiger partial charge in [0, 0.05) is 30.2 Å². The number of nitrogens with zero attached hydrogens (tertiary/aromatic N) is 3. The Balaban J connectivity index is 2.34. The number of aliphatic imine (C=N–C) groups is 1. The molecule has 46 heavy (non-hydrogen) atoms. The fraction of sp³-hybridized carbons (Fsp3) is 0.438. The number of likely N-dealkylation sites (N-methyl/N-ethyl adjacent to an activating group) is 1. The second kappa shape index (κ2) is 15.6. The number of Topliss-reactive ketones (excluding diaryl/α,β-unsaturated/α-hetero) is 1. The van der Waals surface area contributed by atoms with Gasteiger partial charge in [-0.15, -0.1) is 0 Å². The van der Waals surface area contributed by atoms with Crippen LogP contribution in [0.1, 0.15) is 45.2 Å². The number of para-hydroxylation sites is 1. The van der Waals surface area contributed by atoms with E-state index in [1.54, 1.807) is 69.3 Å². The normalized spacial score (nSPS) is 16.6. The topological polar surface area (TPSA) is 147 Å². The van der Waals surface area contributed by atoms with Crippen molar-refractivity contribution in [2.45, 2.75) is 57.5 Å². The Bertz CT molecular complexity index is 1480. The maximum atomic E-state index is 14.8. The number of rotatable bonds is 12. The lowest BCUT2D eigenvalue weighted by Crippen LogP contribution is -2.72. The summed E-state index contributed by atoms with van der Waals surface area (Å²) < 4.78 is 10.5. The Morgan fingerprint density at radius 2 is 1.72 bits per heavy atom. The van der Waals surface area contributed by atoms with Crippen LogP contribution in [0.2, 0.25) is 0 Å². The number of ether oxygens (including phenoxy) is 2. The van der Waals surface area contributed by atoms with E-state index in [0.717, 1.165) is 10.0 Å². The van der Waals surface area contributed by atoms with Crippen LogP contribution in [0.4, 0.5) is 10.5 Å². The van der Waals surface area contributed by atoms with Gasteiger partial charge in [0.25, 0.3) is 5.91 Å². The lowest BCUT2D eigenvalue weighted by molar-refractivity contribution is -0.166. The van der Waals surface area contributed by atoms with E-state index in [1.165, 1.54) is 32.8 Å². The van der Waals surface area contributed by atoms with Crippen LogP contribution >= 0.6 is 24.4 Å². The molecule has 0 radical (unpaired) electrons. The highest BCUT2D eigenvalue weighted by atomic mass is 32.2. The number of alkyl carbamates (subject to hydrolysis) is 1. The average Bonchev–Trinajstić information content (AvgIpc) is 3.14. The third-order valence-electron chi connectivity index (χ3n) is 7.09. The summed E-state index contributed by atoms with van der Waals surface area (Å²) in [5.41, 5.74) is -1.20. The number of carbonyl (C=O) groups is 5. The molecule has 2 aromatic carbocycles. The third-order valence-corrected chi connectivity index (χ3v) is 8.06. The van der Waals surface area contributed by atoms with Crippen molar-refractivity contribution >= 4 is 65.4 Å². The Hall–Kier alpha value is -3.88. The quantitative estimate of drug-likeness (QED) is 0.134. The minimum Gasteiger partial charge on any atom is -0.466 e. The van der Waals surface area contributed by atoms with Crippen molar-refractivity contribution in [3.63, 3.8) is 0 Å². The summed E-state index contributed by atoms with van der Waals surface area (Å²) in [6.45, 7) is 6.23. The highest BCUT2D eigenvalue weighted by molar-refractivity contribution is 7.98. The zero-order valence-electron chi connectivity index (χ0n) is 27.0. The molecular formula is C32H41N5O7S2. The van der Waals surface area contributed by atoms with E-state index in [-0.39, 0.29) is 17.9 Å². The predicted octanol–water partition coefficient (Wildman–Crippen LogP) is 3.24. The predicted molar refractivity (Wildman–Crippen MR) is 181 cm³/mol. The molecule has 3 atom stereocenters. The molecule has 0 spiro atoms. The smallest absolute Gasteiger partial charge is 0.408 e. The van der Waals surface area contributed by atoms with E-state index in [0.29, 0.717) is 22.6 Å². The second-order valence-electron chi connectivity index (χ2n) is 11.4. The summed E-state index contributed by atoms with van der Waals surface area (Å²) >= 11 is 5.72. The number of anilines is 1. The number of methoxy groups -OCH3 is 1. The van der Waals surface area contributed by atoms with Gasteiger partial charge in [0.2, 0.25) is 11.6 Å². The fourth-order valence-electron chi connectivity index (χ4n) is 5.04. The Morgan fingerprint density at radius 1 is 1.09 bits per heavy atom. The zero-order valence-corrected chi connectivity index (χ0v) is 28.7. The number of esters is 1. The lowest BCUT2D eigenvalue weighted by atomic mass is 10.00. The van der Waals surface area contributed by atoms with Crippen LogP contribution in [0, 0.1) is 0 Å². The molecule has 1 heterocycles. The molecule has 1 aliphatic heterocycles. The van der Waals surface area contributed by atoms with Crippen molar-refractivity contribution in [2.75, 3.05) is 36.9 Å². The first-order chi connectivity index (χ1) is 21.8. The molecule has 0 fully saturated rings. The number of carbonyl (C=O) groups excluding carboxylic acids is 5. The molecule has 14 heteroatoms. The molecule has 2 N–H and O–H groups in total. The number of hydrogen-bond acceptors (Lipinski definition) is 11. The van der Waals surface area contributed by atoms with Crippen molar-refractivity contribution < 1.29 is 33.4 Å². The van der Waals surface area contributed by atoms with Gasteiger partial charge in [0.15, 0.2) is 11.8 Å². The maximum absolute atomic E-state index is 14.8. The van der Waals surface area contributed by atoms with Gasteiger partial charge in [-0.2, -0.15) is 24.4 Å². The number of amides is 3. The standard InChI is InChI=1S/C32H41N5O7S2/c1-20(38)37(32(33-5,17-18-46-7)29(41)43-6)36-24-16-12-11-15-22(24)25(21-13-9-8-10-14-21)35-26(28(36)40)27(39)23(19-45)34-30(42)44-31(2,3)4/h8-16,23,26,33,45H,17-19H2,1-7H3,(H,34,42)/t23?,26?,32-/m0/s1. The first kappa shape index (κ1) is 36.6. The zero-order chi connectivity index (χ0) is 34.2. The Kier molecular flexibility index (Phi) is 12.4. The highest BCUT2D eigenvalue weighted by Crippen LogP contribution is 2.34. The van der Waals surface area contributed by atoms with E-state index in [9.17, 15) is 24.0 Å². The first-order valence-electron chi connectivity index (χ1n) is 14.5. The van der Waals surface area contributed by atoms with E-state index in [1.807, 2.05) is 12.3 Å². The van der Waals surface area contributed by atoms with Crippen LogP contribution in [-0.4, -0.2) is 95.6 Å². The monoisotopic (exact) mass is 671 g/mol. The van der Waals surface area contributed by atoms with Crippen molar-refractivity contribution in [3.05, 3.63) is 65.7 Å². The van der Waals surface area contributed by atoms with Crippen LogP contribution in [-0.2, 0) is 28.7 Å². The number of fused-ring (bicyclic) bond motifs is 1. The molecule has 1 aliphatic rings. The maximum Gasteiger partial charge on any atom is 0.408 e. The minimum absolute atomic E-state index is 0.0490. The van der Waals surface area contributed by atoms with Crippen molar-refractivity contribution in [1.82, 2.24) is 15.6 Å². The van der Waals surface area contributed by atoms with Gasteiger partial charge in [-0.05, 0) is 45.9 Å². The highest BCUT2D eigenvalue weighted by Gasteiger charge is 2.53. The number of thioether (sulfide) groups is 1. The average molecular weight is 672 g/mol. The number of benzene rings is 2. The molecule has 0 aromatic heterocycles. The van der Waals surface area contributed by atoms with Crippen LogP contribution in [0.25, 0.3) is 0 Å². The Labute approximate surface area is 279 Å². The lowest BCUT2D eigenvalue weighted by Gasteiger charge is -2.46. The number of hydrazine groups is 1. The van der Waals surface area contributed by atoms with Crippen molar-refractivity contribution in [2.24, 2.45) is 4.99 Å². The molecule has 2 aromatic rings. The summed E-state index contributed by atoms with van der Waals surface area (Å²) in [5, 5.41) is 7.46. The van der Waals surface area contributed by atoms with Crippen LogP contribution in [0.15, 0.2) is 59.6 Å². The molecule has 2 unspecified atom stereocenters. The van der Waals surface area contributed by atoms with E-state index < -0.39 is 53.0 Å². The SMILES string of the molecule is CN[C@](CCSC)(C(=O)OC)N(C(C)=O)N1C(=O)C(C(=O)C(CS)NC(=O)OC(C)(C)C)N=C(c2ccccc2)c2ccccc21. The van der Waals surface area contributed by atoms with Crippen LogP contribution in [0.3, 0.4) is 0 Å². The summed E-state index contributed by atoms with van der Waals surface area (Å²) in [7, 11) is 2.67.